The maximum atomic E-state index is 12.7. The number of halogens is 3. The van der Waals surface area contributed by atoms with Gasteiger partial charge in [-0.3, -0.25) is 4.79 Å². The first-order chi connectivity index (χ1) is 10.8. The average molecular weight is 331 g/mol. The third-order valence-electron chi connectivity index (χ3n) is 3.53. The van der Waals surface area contributed by atoms with Crippen molar-refractivity contribution in [3.63, 3.8) is 0 Å². The van der Waals surface area contributed by atoms with Crippen LogP contribution in [0.2, 0.25) is 0 Å². The second-order valence-corrected chi connectivity index (χ2v) is 5.30. The van der Waals surface area contributed by atoms with Crippen LogP contribution in [0.5, 0.6) is 0 Å². The number of hydrogen-bond acceptors (Lipinski definition) is 3. The molecular formula is C15H16F3NO4. The molecule has 0 unspecified atom stereocenters. The van der Waals surface area contributed by atoms with Gasteiger partial charge in [-0.15, -0.1) is 0 Å². The summed E-state index contributed by atoms with van der Waals surface area (Å²) < 4.78 is 43.2. The minimum atomic E-state index is -4.50. The van der Waals surface area contributed by atoms with Gasteiger partial charge in [-0.05, 0) is 24.5 Å². The maximum Gasteiger partial charge on any atom is 0.416 e. The minimum Gasteiger partial charge on any atom is -0.480 e. The van der Waals surface area contributed by atoms with Gasteiger partial charge in [0.1, 0.15) is 12.1 Å². The van der Waals surface area contributed by atoms with Crippen molar-refractivity contribution in [1.82, 2.24) is 5.32 Å². The highest BCUT2D eigenvalue weighted by molar-refractivity contribution is 5.86. The topological polar surface area (TPSA) is 75.6 Å². The highest BCUT2D eigenvalue weighted by atomic mass is 19.4. The SMILES string of the molecule is O=C(N[C@H](Cc1cccc(C(F)(F)F)c1)C(=O)O)[C@@H]1CCCO1. The van der Waals surface area contributed by atoms with Crippen molar-refractivity contribution >= 4 is 11.9 Å². The Bertz CT molecular complexity index is 582. The third kappa shape index (κ3) is 4.69. The molecule has 1 amide bonds. The second kappa shape index (κ2) is 6.99. The van der Waals surface area contributed by atoms with Gasteiger partial charge in [0, 0.05) is 13.0 Å². The molecule has 0 saturated carbocycles. The summed E-state index contributed by atoms with van der Waals surface area (Å²) in [6.07, 6.45) is -4.23. The van der Waals surface area contributed by atoms with Crippen LogP contribution in [0.3, 0.4) is 0 Å². The van der Waals surface area contributed by atoms with Crippen molar-refractivity contribution in [2.45, 2.75) is 37.6 Å². The number of alkyl halides is 3. The Labute approximate surface area is 130 Å². The molecule has 1 aliphatic heterocycles. The summed E-state index contributed by atoms with van der Waals surface area (Å²) in [6, 6.07) is 3.08. The number of carbonyl (C=O) groups is 2. The zero-order chi connectivity index (χ0) is 17.0. The lowest BCUT2D eigenvalue weighted by atomic mass is 10.0. The quantitative estimate of drug-likeness (QED) is 0.865. The van der Waals surface area contributed by atoms with E-state index in [1.54, 1.807) is 0 Å². The summed E-state index contributed by atoms with van der Waals surface area (Å²) in [5, 5.41) is 11.5. The molecule has 23 heavy (non-hydrogen) atoms. The molecule has 1 aromatic carbocycles. The minimum absolute atomic E-state index is 0.180. The van der Waals surface area contributed by atoms with E-state index in [-0.39, 0.29) is 12.0 Å². The monoisotopic (exact) mass is 331 g/mol. The van der Waals surface area contributed by atoms with Crippen LogP contribution >= 0.6 is 0 Å². The third-order valence-corrected chi connectivity index (χ3v) is 3.53. The fourth-order valence-electron chi connectivity index (χ4n) is 2.36. The van der Waals surface area contributed by atoms with Crippen LogP contribution in [0, 0.1) is 0 Å². The molecule has 2 rings (SSSR count). The van der Waals surface area contributed by atoms with E-state index in [0.29, 0.717) is 19.4 Å². The molecule has 1 aromatic rings. The van der Waals surface area contributed by atoms with E-state index in [9.17, 15) is 27.9 Å². The van der Waals surface area contributed by atoms with Gasteiger partial charge in [-0.2, -0.15) is 13.2 Å². The average Bonchev–Trinajstić information content (AvgIpc) is 3.00. The van der Waals surface area contributed by atoms with E-state index in [2.05, 4.69) is 5.32 Å². The van der Waals surface area contributed by atoms with Crippen LogP contribution in [0.4, 0.5) is 13.2 Å². The van der Waals surface area contributed by atoms with Crippen LogP contribution in [0.15, 0.2) is 24.3 Å². The number of hydrogen-bond donors (Lipinski definition) is 2. The first-order valence-corrected chi connectivity index (χ1v) is 7.08. The van der Waals surface area contributed by atoms with Crippen LogP contribution in [0.1, 0.15) is 24.0 Å². The first kappa shape index (κ1) is 17.3. The molecule has 0 bridgehead atoms. The molecule has 0 spiro atoms. The van der Waals surface area contributed by atoms with Gasteiger partial charge in [-0.1, -0.05) is 18.2 Å². The van der Waals surface area contributed by atoms with Crippen LogP contribution in [-0.2, 0) is 26.9 Å². The predicted molar refractivity (Wildman–Crippen MR) is 73.7 cm³/mol. The van der Waals surface area contributed by atoms with E-state index in [4.69, 9.17) is 4.74 Å². The van der Waals surface area contributed by atoms with Gasteiger partial charge in [0.15, 0.2) is 0 Å². The molecule has 1 aliphatic rings. The highest BCUT2D eigenvalue weighted by Gasteiger charge is 2.31. The molecule has 2 N–H and O–H groups in total. The normalized spacial score (nSPS) is 19.3. The smallest absolute Gasteiger partial charge is 0.416 e. The number of carboxylic acids is 1. The Hall–Kier alpha value is -2.09. The molecule has 0 radical (unpaired) electrons. The zero-order valence-electron chi connectivity index (χ0n) is 12.1. The molecule has 0 aromatic heterocycles. The first-order valence-electron chi connectivity index (χ1n) is 7.08. The summed E-state index contributed by atoms with van der Waals surface area (Å²) in [5.74, 6) is -1.87. The highest BCUT2D eigenvalue weighted by Crippen LogP contribution is 2.29. The Morgan fingerprint density at radius 1 is 1.39 bits per heavy atom. The van der Waals surface area contributed by atoms with Crippen molar-refractivity contribution in [2.75, 3.05) is 6.61 Å². The molecule has 0 aliphatic carbocycles. The van der Waals surface area contributed by atoms with Gasteiger partial charge in [0.05, 0.1) is 5.56 Å². The van der Waals surface area contributed by atoms with Crippen molar-refractivity contribution in [3.05, 3.63) is 35.4 Å². The molecule has 5 nitrogen and oxygen atoms in total. The van der Waals surface area contributed by atoms with Gasteiger partial charge in [-0.25, -0.2) is 4.79 Å². The molecular weight excluding hydrogens is 315 g/mol. The number of benzene rings is 1. The summed E-state index contributed by atoms with van der Waals surface area (Å²) in [6.45, 7) is 0.434. The van der Waals surface area contributed by atoms with Gasteiger partial charge >= 0.3 is 12.1 Å². The summed E-state index contributed by atoms with van der Waals surface area (Å²) in [4.78, 5) is 23.2. The van der Waals surface area contributed by atoms with Crippen LogP contribution in [0.25, 0.3) is 0 Å². The van der Waals surface area contributed by atoms with Crippen molar-refractivity contribution in [1.29, 1.82) is 0 Å². The largest absolute Gasteiger partial charge is 0.480 e. The van der Waals surface area contributed by atoms with E-state index in [1.807, 2.05) is 0 Å². The number of ether oxygens (including phenoxy) is 1. The van der Waals surface area contributed by atoms with Gasteiger partial charge in [0.25, 0.3) is 0 Å². The van der Waals surface area contributed by atoms with E-state index < -0.39 is 35.8 Å². The van der Waals surface area contributed by atoms with Crippen molar-refractivity contribution < 1.29 is 32.6 Å². The molecule has 126 valence electrons. The molecule has 8 heteroatoms. The summed E-state index contributed by atoms with van der Waals surface area (Å²) in [7, 11) is 0. The number of nitrogens with one attached hydrogen (secondary N) is 1. The van der Waals surface area contributed by atoms with Gasteiger partial charge in [0.2, 0.25) is 5.91 Å². The lowest BCUT2D eigenvalue weighted by Crippen LogP contribution is -2.46. The number of aliphatic carboxylic acids is 1. The van der Waals surface area contributed by atoms with Crippen molar-refractivity contribution in [3.8, 4) is 0 Å². The second-order valence-electron chi connectivity index (χ2n) is 5.30. The lowest BCUT2D eigenvalue weighted by molar-refractivity contribution is -0.143. The standard InChI is InChI=1S/C15H16F3NO4/c16-15(17,18)10-4-1-3-9(7-10)8-11(14(21)22)19-13(20)12-5-2-6-23-12/h1,3-4,7,11-12H,2,5-6,8H2,(H,19,20)(H,21,22)/t11-,12+/m1/s1. The number of carboxylic acid groups (broad SMARTS) is 1. The number of rotatable bonds is 5. The van der Waals surface area contributed by atoms with Gasteiger partial charge < -0.3 is 15.2 Å². The fourth-order valence-corrected chi connectivity index (χ4v) is 2.36. The molecule has 1 fully saturated rings. The Morgan fingerprint density at radius 3 is 2.70 bits per heavy atom. The lowest BCUT2D eigenvalue weighted by Gasteiger charge is -2.18. The van der Waals surface area contributed by atoms with E-state index in [1.165, 1.54) is 12.1 Å². The number of carbonyl (C=O) groups excluding carboxylic acids is 1. The van der Waals surface area contributed by atoms with Crippen LogP contribution in [-0.4, -0.2) is 35.7 Å². The predicted octanol–water partition coefficient (Wildman–Crippen LogP) is 2.00. The Balaban J connectivity index is 2.07. The summed E-state index contributed by atoms with van der Waals surface area (Å²) in [5.41, 5.74) is -0.676. The fraction of sp³-hybridized carbons (Fsp3) is 0.467. The van der Waals surface area contributed by atoms with E-state index >= 15 is 0 Å². The van der Waals surface area contributed by atoms with E-state index in [0.717, 1.165) is 12.1 Å². The maximum absolute atomic E-state index is 12.7. The Morgan fingerprint density at radius 2 is 2.13 bits per heavy atom. The Kier molecular flexibility index (Phi) is 5.25. The zero-order valence-corrected chi connectivity index (χ0v) is 12.1. The summed E-state index contributed by atoms with van der Waals surface area (Å²) >= 11 is 0. The molecule has 1 heterocycles. The van der Waals surface area contributed by atoms with Crippen molar-refractivity contribution in [2.24, 2.45) is 0 Å². The molecule has 2 atom stereocenters. The molecule has 1 saturated heterocycles. The van der Waals surface area contributed by atoms with Crippen LogP contribution < -0.4 is 5.32 Å². The number of amides is 1.